The summed E-state index contributed by atoms with van der Waals surface area (Å²) in [5.74, 6) is 0.165. The molecule has 10 heteroatoms. The van der Waals surface area contributed by atoms with E-state index < -0.39 is 0 Å². The van der Waals surface area contributed by atoms with Crippen molar-refractivity contribution in [2.24, 2.45) is 0 Å². The van der Waals surface area contributed by atoms with E-state index >= 15 is 0 Å². The third-order valence-electron chi connectivity index (χ3n) is 6.75. The predicted molar refractivity (Wildman–Crippen MR) is 140 cm³/mol. The van der Waals surface area contributed by atoms with Gasteiger partial charge in [-0.25, -0.2) is 19.2 Å². The first kappa shape index (κ1) is 26.0. The monoisotopic (exact) mass is 508 g/mol. The van der Waals surface area contributed by atoms with Crippen molar-refractivity contribution >= 4 is 23.5 Å². The molecule has 3 aromatic rings. The molecule has 0 unspecified atom stereocenters. The number of nitrogens with one attached hydrogen (secondary N) is 1. The number of rotatable bonds is 5. The molecule has 2 aliphatic heterocycles. The second-order valence-electron chi connectivity index (χ2n) is 8.86. The van der Waals surface area contributed by atoms with Crippen LogP contribution in [0.3, 0.4) is 0 Å². The minimum absolute atomic E-state index is 0.0672. The summed E-state index contributed by atoms with van der Waals surface area (Å²) in [5.41, 5.74) is 3.46. The van der Waals surface area contributed by atoms with Gasteiger partial charge < -0.3 is 14.8 Å². The van der Waals surface area contributed by atoms with Crippen molar-refractivity contribution < 1.29 is 13.6 Å². The summed E-state index contributed by atoms with van der Waals surface area (Å²) in [6.07, 6.45) is 8.99. The number of aromatic amines is 1. The van der Waals surface area contributed by atoms with Gasteiger partial charge in [0.15, 0.2) is 0 Å². The number of imidazole rings is 1. The lowest BCUT2D eigenvalue weighted by molar-refractivity contribution is 0.0984. The topological polar surface area (TPSA) is 87.1 Å². The van der Waals surface area contributed by atoms with Gasteiger partial charge in [-0.15, -0.1) is 0 Å². The van der Waals surface area contributed by atoms with Crippen LogP contribution in [-0.2, 0) is 6.42 Å². The number of carbonyl (C=O) groups is 1. The number of aromatic nitrogens is 4. The standard InChI is InChI=1S/C26H27FN6O2.CH3F/c1-3-4-5-22-17(2)30-26(35)33(22)20-9-11-31(12-10-20)24-15-21(28-16-29-24)25(34)32-13-8-18-14-19(27)6-7-23(18)32;1-2/h3-7,14-16,20H,1,8-13H2,2H3,(H,30,35);1H3/b5-4-;. The lowest BCUT2D eigenvalue weighted by atomic mass is 10.0. The Morgan fingerprint density at radius 1 is 1.16 bits per heavy atom. The molecule has 194 valence electrons. The molecule has 37 heavy (non-hydrogen) atoms. The van der Waals surface area contributed by atoms with Crippen molar-refractivity contribution in [3.05, 3.63) is 88.3 Å². The van der Waals surface area contributed by atoms with E-state index in [1.54, 1.807) is 23.1 Å². The largest absolute Gasteiger partial charge is 0.356 e. The second kappa shape index (κ2) is 11.3. The number of amides is 1. The van der Waals surface area contributed by atoms with Crippen LogP contribution in [0.2, 0.25) is 0 Å². The van der Waals surface area contributed by atoms with Gasteiger partial charge in [0.1, 0.15) is 23.7 Å². The summed E-state index contributed by atoms with van der Waals surface area (Å²) in [6, 6.07) is 6.28. The van der Waals surface area contributed by atoms with Crippen LogP contribution < -0.4 is 15.5 Å². The molecule has 8 nitrogen and oxygen atoms in total. The number of aryl methyl sites for hydroxylation is 1. The zero-order valence-corrected chi connectivity index (χ0v) is 21.0. The molecule has 1 amide bonds. The molecule has 1 aromatic carbocycles. The highest BCUT2D eigenvalue weighted by atomic mass is 19.1. The van der Waals surface area contributed by atoms with Crippen LogP contribution in [0.15, 0.2) is 54.1 Å². The van der Waals surface area contributed by atoms with Gasteiger partial charge in [0, 0.05) is 43.1 Å². The lowest BCUT2D eigenvalue weighted by Crippen LogP contribution is -2.38. The number of H-pyrrole nitrogens is 1. The number of nitrogens with zero attached hydrogens (tertiary/aromatic N) is 5. The number of hydrogen-bond donors (Lipinski definition) is 1. The molecule has 5 rings (SSSR count). The van der Waals surface area contributed by atoms with Crippen LogP contribution in [0.5, 0.6) is 0 Å². The first-order valence-electron chi connectivity index (χ1n) is 12.1. The molecule has 0 saturated carbocycles. The molecule has 4 heterocycles. The van der Waals surface area contributed by atoms with Gasteiger partial charge in [0.05, 0.1) is 12.9 Å². The average Bonchev–Trinajstić information content (AvgIpc) is 3.47. The first-order valence-corrected chi connectivity index (χ1v) is 12.1. The quantitative estimate of drug-likeness (QED) is 0.521. The van der Waals surface area contributed by atoms with E-state index in [1.807, 2.05) is 23.6 Å². The summed E-state index contributed by atoms with van der Waals surface area (Å²) in [6.45, 7) is 7.49. The van der Waals surface area contributed by atoms with Crippen molar-refractivity contribution in [1.82, 2.24) is 19.5 Å². The number of halogens is 2. The van der Waals surface area contributed by atoms with E-state index in [4.69, 9.17) is 0 Å². The maximum atomic E-state index is 13.6. The fourth-order valence-corrected chi connectivity index (χ4v) is 5.01. The van der Waals surface area contributed by atoms with Gasteiger partial charge in [-0.3, -0.25) is 13.8 Å². The Morgan fingerprint density at radius 2 is 1.92 bits per heavy atom. The highest BCUT2D eigenvalue weighted by molar-refractivity contribution is 6.06. The molecule has 0 spiro atoms. The molecule has 1 saturated heterocycles. The van der Waals surface area contributed by atoms with E-state index in [9.17, 15) is 18.4 Å². The minimum Gasteiger partial charge on any atom is -0.356 e. The Balaban J connectivity index is 0.00000156. The summed E-state index contributed by atoms with van der Waals surface area (Å²) in [5, 5.41) is 0. The van der Waals surface area contributed by atoms with Gasteiger partial charge in [0.25, 0.3) is 5.91 Å². The Bertz CT molecular complexity index is 1370. The number of allylic oxidation sites excluding steroid dienone is 2. The smallest absolute Gasteiger partial charge is 0.326 e. The molecular formula is C27H30F2N6O2. The van der Waals surface area contributed by atoms with E-state index in [2.05, 4.69) is 26.4 Å². The molecule has 0 bridgehead atoms. The molecule has 2 aliphatic rings. The highest BCUT2D eigenvalue weighted by Gasteiger charge is 2.29. The van der Waals surface area contributed by atoms with Crippen molar-refractivity contribution in [3.63, 3.8) is 0 Å². The van der Waals surface area contributed by atoms with Gasteiger partial charge in [-0.05, 0) is 56.0 Å². The summed E-state index contributed by atoms with van der Waals surface area (Å²) in [7, 11) is 0.500. The predicted octanol–water partition coefficient (Wildman–Crippen LogP) is 4.24. The zero-order valence-electron chi connectivity index (χ0n) is 21.0. The zero-order chi connectivity index (χ0) is 26.5. The third-order valence-corrected chi connectivity index (χ3v) is 6.75. The number of benzene rings is 1. The molecule has 2 aromatic heterocycles. The van der Waals surface area contributed by atoms with Crippen LogP contribution in [0.25, 0.3) is 6.08 Å². The van der Waals surface area contributed by atoms with Gasteiger partial charge in [-0.1, -0.05) is 18.7 Å². The van der Waals surface area contributed by atoms with Crippen molar-refractivity contribution in [1.29, 1.82) is 0 Å². The second-order valence-corrected chi connectivity index (χ2v) is 8.86. The van der Waals surface area contributed by atoms with E-state index in [-0.39, 0.29) is 23.5 Å². The SMILES string of the molecule is C=C/C=C\c1c(C)[nH]c(=O)n1C1CCN(c2cc(C(=O)N3CCc4cc(F)ccc43)ncn2)CC1.CF. The van der Waals surface area contributed by atoms with E-state index in [0.29, 0.717) is 44.7 Å². The fourth-order valence-electron chi connectivity index (χ4n) is 5.01. The molecule has 1 N–H and O–H groups in total. The maximum absolute atomic E-state index is 13.6. The number of fused-ring (bicyclic) bond motifs is 1. The van der Waals surface area contributed by atoms with Crippen LogP contribution in [-0.4, -0.2) is 52.2 Å². The normalized spacial score (nSPS) is 15.5. The van der Waals surface area contributed by atoms with Gasteiger partial charge >= 0.3 is 5.69 Å². The number of alkyl halides is 1. The summed E-state index contributed by atoms with van der Waals surface area (Å²) >= 11 is 0. The Labute approximate surface area is 214 Å². The van der Waals surface area contributed by atoms with E-state index in [0.717, 1.165) is 35.5 Å². The van der Waals surface area contributed by atoms with Crippen molar-refractivity contribution in [2.75, 3.05) is 36.6 Å². The summed E-state index contributed by atoms with van der Waals surface area (Å²) < 4.78 is 24.9. The lowest BCUT2D eigenvalue weighted by Gasteiger charge is -2.33. The van der Waals surface area contributed by atoms with Crippen LogP contribution >= 0.6 is 0 Å². The van der Waals surface area contributed by atoms with E-state index in [1.165, 1.54) is 18.5 Å². The molecule has 0 atom stereocenters. The van der Waals surface area contributed by atoms with Crippen LogP contribution in [0.1, 0.15) is 46.3 Å². The molecule has 0 radical (unpaired) electrons. The first-order chi connectivity index (χ1) is 18.0. The number of hydrogen-bond acceptors (Lipinski definition) is 5. The number of piperidine rings is 1. The summed E-state index contributed by atoms with van der Waals surface area (Å²) in [4.78, 5) is 41.1. The van der Waals surface area contributed by atoms with Crippen LogP contribution in [0, 0.1) is 12.7 Å². The molecule has 1 fully saturated rings. The number of anilines is 2. The van der Waals surface area contributed by atoms with Crippen LogP contribution in [0.4, 0.5) is 20.3 Å². The van der Waals surface area contributed by atoms with Crippen molar-refractivity contribution in [2.45, 2.75) is 32.2 Å². The fraction of sp³-hybridized carbons (Fsp3) is 0.333. The van der Waals surface area contributed by atoms with Gasteiger partial charge in [0.2, 0.25) is 0 Å². The molecule has 0 aliphatic carbocycles. The maximum Gasteiger partial charge on any atom is 0.326 e. The molecular weight excluding hydrogens is 478 g/mol. The third kappa shape index (κ3) is 5.23. The highest BCUT2D eigenvalue weighted by Crippen LogP contribution is 2.31. The average molecular weight is 509 g/mol. The Kier molecular flexibility index (Phi) is 7.95. The van der Waals surface area contributed by atoms with Gasteiger partial charge in [-0.2, -0.15) is 0 Å². The Hall–Kier alpha value is -4.08. The Morgan fingerprint density at radius 3 is 2.65 bits per heavy atom. The minimum atomic E-state index is -0.299. The number of carbonyl (C=O) groups excluding carboxylic acids is 1. The van der Waals surface area contributed by atoms with Crippen molar-refractivity contribution in [3.8, 4) is 0 Å².